The molecule has 3 heterocycles. The quantitative estimate of drug-likeness (QED) is 0.183. The van der Waals surface area contributed by atoms with Gasteiger partial charge in [-0.2, -0.15) is 0 Å². The lowest BCUT2D eigenvalue weighted by atomic mass is 9.85. The molecule has 1 aliphatic heterocycles. The van der Waals surface area contributed by atoms with E-state index in [9.17, 15) is 0 Å². The van der Waals surface area contributed by atoms with Crippen LogP contribution in [0.15, 0.2) is 176 Å². The van der Waals surface area contributed by atoms with E-state index in [1.165, 1.54) is 33.8 Å². The predicted octanol–water partition coefficient (Wildman–Crippen LogP) is 10.5. The maximum atomic E-state index is 4.98. The fraction of sp³-hybridized carbons (Fsp3) is 0.0455. The average molecular weight is 630 g/mol. The first-order valence-corrected chi connectivity index (χ1v) is 16.6. The summed E-state index contributed by atoms with van der Waals surface area (Å²) >= 11 is 0. The molecule has 0 saturated heterocycles. The minimum absolute atomic E-state index is 0.305. The molecular formula is C44H31N5. The second-order valence-electron chi connectivity index (χ2n) is 12.3. The van der Waals surface area contributed by atoms with Crippen LogP contribution in [0.2, 0.25) is 0 Å². The fourth-order valence-electron chi connectivity index (χ4n) is 6.91. The summed E-state index contributed by atoms with van der Waals surface area (Å²) in [7, 11) is 0. The Bertz CT molecular complexity index is 2330. The van der Waals surface area contributed by atoms with E-state index < -0.39 is 0 Å². The highest BCUT2D eigenvalue weighted by molar-refractivity contribution is 5.83. The van der Waals surface area contributed by atoms with Crippen LogP contribution in [-0.4, -0.2) is 19.9 Å². The number of benzene rings is 5. The van der Waals surface area contributed by atoms with E-state index in [0.717, 1.165) is 34.4 Å². The monoisotopic (exact) mass is 629 g/mol. The molecule has 2 aliphatic rings. The molecule has 232 valence electrons. The zero-order valence-corrected chi connectivity index (χ0v) is 26.7. The van der Waals surface area contributed by atoms with Crippen LogP contribution in [0, 0.1) is 0 Å². The number of allylic oxidation sites excluding steroid dienone is 4. The Morgan fingerprint density at radius 3 is 1.67 bits per heavy atom. The van der Waals surface area contributed by atoms with Gasteiger partial charge in [0, 0.05) is 51.4 Å². The molecule has 5 aromatic carbocycles. The van der Waals surface area contributed by atoms with Gasteiger partial charge in [-0.25, -0.2) is 15.0 Å². The van der Waals surface area contributed by atoms with E-state index >= 15 is 0 Å². The van der Waals surface area contributed by atoms with Crippen molar-refractivity contribution < 1.29 is 0 Å². The van der Waals surface area contributed by atoms with E-state index in [2.05, 4.69) is 125 Å². The zero-order chi connectivity index (χ0) is 32.6. The van der Waals surface area contributed by atoms with E-state index in [1.807, 2.05) is 54.7 Å². The number of para-hydroxylation sites is 2. The summed E-state index contributed by atoms with van der Waals surface area (Å²) in [4.78, 5) is 21.7. The van der Waals surface area contributed by atoms with E-state index in [-0.39, 0.29) is 0 Å². The molecule has 0 fully saturated rings. The zero-order valence-electron chi connectivity index (χ0n) is 26.7. The number of hydrogen-bond acceptors (Lipinski definition) is 5. The van der Waals surface area contributed by atoms with Crippen LogP contribution in [-0.2, 0) is 0 Å². The van der Waals surface area contributed by atoms with Gasteiger partial charge in [-0.1, -0.05) is 127 Å². The molecule has 1 atom stereocenters. The van der Waals surface area contributed by atoms with Gasteiger partial charge in [-0.3, -0.25) is 4.98 Å². The van der Waals surface area contributed by atoms with Gasteiger partial charge in [-0.05, 0) is 59.5 Å². The molecule has 0 N–H and O–H groups in total. The van der Waals surface area contributed by atoms with Gasteiger partial charge >= 0.3 is 0 Å². The van der Waals surface area contributed by atoms with E-state index in [0.29, 0.717) is 23.4 Å². The van der Waals surface area contributed by atoms with Crippen LogP contribution in [0.4, 0.5) is 11.4 Å². The summed E-state index contributed by atoms with van der Waals surface area (Å²) in [5.74, 6) is 2.23. The average Bonchev–Trinajstić information content (AvgIpc) is 3.52. The molecule has 5 heteroatoms. The van der Waals surface area contributed by atoms with Crippen molar-refractivity contribution in [1.82, 2.24) is 19.9 Å². The third-order valence-corrected chi connectivity index (χ3v) is 9.35. The van der Waals surface area contributed by atoms with Crippen LogP contribution in [0.25, 0.3) is 51.0 Å². The summed E-state index contributed by atoms with van der Waals surface area (Å²) < 4.78 is 0. The van der Waals surface area contributed by atoms with Crippen molar-refractivity contribution in [2.24, 2.45) is 0 Å². The molecular weight excluding hydrogens is 599 g/mol. The highest BCUT2D eigenvalue weighted by Gasteiger charge is 2.36. The van der Waals surface area contributed by atoms with Gasteiger partial charge in [-0.15, -0.1) is 0 Å². The Labute approximate surface area is 285 Å². The maximum absolute atomic E-state index is 4.98. The molecule has 2 aromatic heterocycles. The molecule has 0 amide bonds. The normalized spacial score (nSPS) is 14.9. The van der Waals surface area contributed by atoms with Crippen LogP contribution >= 0.6 is 0 Å². The fourth-order valence-corrected chi connectivity index (χ4v) is 6.91. The van der Waals surface area contributed by atoms with Crippen molar-refractivity contribution in [1.29, 1.82) is 0 Å². The molecule has 0 bridgehead atoms. The third kappa shape index (κ3) is 5.41. The van der Waals surface area contributed by atoms with Gasteiger partial charge in [0.1, 0.15) is 0 Å². The number of hydrogen-bond donors (Lipinski definition) is 0. The van der Waals surface area contributed by atoms with Crippen molar-refractivity contribution in [2.75, 3.05) is 4.90 Å². The standard InChI is InChI=1S/C44H31N5/c1-3-11-32(12-4-1)42-46-43(48-44(47-42)34-24-20-31(21-25-34)39-16-9-10-28-45-39)33-22-18-30(19-23-33)35-26-27-41-38(29-35)37-15-7-8-17-40(37)49(41)36-13-5-2-6-14-36/h1-28,38H,29H2. The third-order valence-electron chi connectivity index (χ3n) is 9.35. The molecule has 9 rings (SSSR count). The molecule has 1 aliphatic carbocycles. The Hall–Kier alpha value is -6.46. The predicted molar refractivity (Wildman–Crippen MR) is 198 cm³/mol. The summed E-state index contributed by atoms with van der Waals surface area (Å²) in [6, 6.07) is 52.4. The number of rotatable bonds is 6. The van der Waals surface area contributed by atoms with Crippen LogP contribution in [0.3, 0.4) is 0 Å². The topological polar surface area (TPSA) is 54.8 Å². The lowest BCUT2D eigenvalue weighted by Gasteiger charge is -2.26. The minimum Gasteiger partial charge on any atom is -0.313 e. The molecule has 0 saturated carbocycles. The van der Waals surface area contributed by atoms with Crippen molar-refractivity contribution in [2.45, 2.75) is 12.3 Å². The van der Waals surface area contributed by atoms with Crippen molar-refractivity contribution >= 4 is 16.9 Å². The van der Waals surface area contributed by atoms with Crippen molar-refractivity contribution in [3.05, 3.63) is 187 Å². The molecule has 1 unspecified atom stereocenters. The lowest BCUT2D eigenvalue weighted by molar-refractivity contribution is 0.832. The Morgan fingerprint density at radius 1 is 0.469 bits per heavy atom. The second-order valence-corrected chi connectivity index (χ2v) is 12.3. The maximum Gasteiger partial charge on any atom is 0.164 e. The summed E-state index contributed by atoms with van der Waals surface area (Å²) in [5.41, 5.74) is 12.5. The first-order chi connectivity index (χ1) is 24.3. The highest BCUT2D eigenvalue weighted by Crippen LogP contribution is 2.52. The van der Waals surface area contributed by atoms with Crippen molar-refractivity contribution in [3.63, 3.8) is 0 Å². The summed E-state index contributed by atoms with van der Waals surface area (Å²) in [5, 5.41) is 0. The number of fused-ring (bicyclic) bond motifs is 3. The van der Waals surface area contributed by atoms with E-state index in [4.69, 9.17) is 15.0 Å². The SMILES string of the molecule is C1=C(c2ccc(-c3nc(-c4ccccc4)nc(-c4ccc(-c5ccccn5)cc4)n3)cc2)CC2C(=C1)N(c1ccccc1)c1ccccc12. The smallest absolute Gasteiger partial charge is 0.164 e. The van der Waals surface area contributed by atoms with Gasteiger partial charge in [0.05, 0.1) is 5.69 Å². The molecule has 0 radical (unpaired) electrons. The number of nitrogens with zero attached hydrogens (tertiary/aromatic N) is 5. The number of anilines is 2. The van der Waals surface area contributed by atoms with E-state index in [1.54, 1.807) is 0 Å². The Kier molecular flexibility index (Phi) is 7.21. The Balaban J connectivity index is 1.05. The number of pyridine rings is 1. The lowest BCUT2D eigenvalue weighted by Crippen LogP contribution is -2.15. The largest absolute Gasteiger partial charge is 0.313 e. The molecule has 0 spiro atoms. The minimum atomic E-state index is 0.305. The first-order valence-electron chi connectivity index (χ1n) is 16.6. The van der Waals surface area contributed by atoms with Gasteiger partial charge in [0.2, 0.25) is 0 Å². The second kappa shape index (κ2) is 12.3. The van der Waals surface area contributed by atoms with Gasteiger partial charge < -0.3 is 4.90 Å². The number of aromatic nitrogens is 4. The van der Waals surface area contributed by atoms with Crippen LogP contribution in [0.1, 0.15) is 23.5 Å². The van der Waals surface area contributed by atoms with Crippen LogP contribution in [0.5, 0.6) is 0 Å². The van der Waals surface area contributed by atoms with Crippen LogP contribution < -0.4 is 4.90 Å². The molecule has 7 aromatic rings. The summed E-state index contributed by atoms with van der Waals surface area (Å²) in [6.45, 7) is 0. The summed E-state index contributed by atoms with van der Waals surface area (Å²) in [6.07, 6.45) is 7.33. The van der Waals surface area contributed by atoms with Gasteiger partial charge in [0.25, 0.3) is 0 Å². The highest BCUT2D eigenvalue weighted by atomic mass is 15.2. The Morgan fingerprint density at radius 2 is 1.02 bits per heavy atom. The van der Waals surface area contributed by atoms with Crippen molar-refractivity contribution in [3.8, 4) is 45.4 Å². The molecule has 5 nitrogen and oxygen atoms in total. The molecule has 49 heavy (non-hydrogen) atoms. The first kappa shape index (κ1) is 28.7. The van der Waals surface area contributed by atoms with Gasteiger partial charge in [0.15, 0.2) is 17.5 Å².